The molecule has 4 aromatic rings. The van der Waals surface area contributed by atoms with E-state index in [0.29, 0.717) is 11.4 Å². The van der Waals surface area contributed by atoms with Gasteiger partial charge >= 0.3 is 6.09 Å². The van der Waals surface area contributed by atoms with Crippen LogP contribution in [0.1, 0.15) is 59.5 Å². The van der Waals surface area contributed by atoms with Crippen LogP contribution >= 0.6 is 0 Å². The smallest absolute Gasteiger partial charge is 0.410 e. The summed E-state index contributed by atoms with van der Waals surface area (Å²) in [5.74, 6) is -2.24. The number of para-hydroxylation sites is 2. The van der Waals surface area contributed by atoms with E-state index >= 15 is 0 Å². The molecule has 0 aromatic heterocycles. The van der Waals surface area contributed by atoms with Crippen LogP contribution in [0, 0.1) is 6.92 Å². The number of nitrogens with zero attached hydrogens (tertiary/aromatic N) is 3. The Balaban J connectivity index is 1.58. The van der Waals surface area contributed by atoms with Crippen molar-refractivity contribution < 1.29 is 28.7 Å². The minimum absolute atomic E-state index is 0.155. The lowest BCUT2D eigenvalue weighted by Crippen LogP contribution is -2.57. The maximum Gasteiger partial charge on any atom is 0.410 e. The zero-order valence-electron chi connectivity index (χ0n) is 28.5. The number of anilines is 2. The van der Waals surface area contributed by atoms with Crippen molar-refractivity contribution in [2.45, 2.75) is 58.8 Å². The molecule has 0 fully saturated rings. The van der Waals surface area contributed by atoms with Crippen molar-refractivity contribution in [3.05, 3.63) is 107 Å². The summed E-state index contributed by atoms with van der Waals surface area (Å²) in [5, 5.41) is 4.81. The van der Waals surface area contributed by atoms with Crippen molar-refractivity contribution in [2.24, 2.45) is 5.73 Å². The van der Waals surface area contributed by atoms with E-state index in [1.54, 1.807) is 62.1 Å². The number of primary amides is 1. The highest BCUT2D eigenvalue weighted by Gasteiger charge is 2.39. The Morgan fingerprint density at radius 3 is 2.29 bits per heavy atom. The van der Waals surface area contributed by atoms with Gasteiger partial charge in [-0.15, -0.1) is 0 Å². The minimum Gasteiger partial charge on any atom is -0.444 e. The number of hydrogen-bond donors (Lipinski definition) is 2. The molecule has 0 aliphatic carbocycles. The largest absolute Gasteiger partial charge is 0.444 e. The summed E-state index contributed by atoms with van der Waals surface area (Å²) in [6.45, 7) is 8.61. The third-order valence-corrected chi connectivity index (χ3v) is 8.58. The topological polar surface area (TPSA) is 142 Å². The molecule has 49 heavy (non-hydrogen) atoms. The molecule has 3 N–H and O–H groups in total. The zero-order valence-corrected chi connectivity index (χ0v) is 28.5. The predicted octanol–water partition coefficient (Wildman–Crippen LogP) is 5.18. The number of nitrogens with one attached hydrogen (secondary N) is 1. The molecular weight excluding hydrogens is 622 g/mol. The van der Waals surface area contributed by atoms with Crippen molar-refractivity contribution in [3.63, 3.8) is 0 Å². The van der Waals surface area contributed by atoms with Crippen molar-refractivity contribution in [3.8, 4) is 0 Å². The standard InChI is InChI=1S/C38H41N5O6/c1-23-18-19-25-12-7-8-15-28(25)29(23)21-42-31-16-9-10-17-32(31)43(35(46)27-14-11-13-26(20-27)33(39)44)22-30(36(42)47)40-34(45)24(2)41(6)37(48)49-38(3,4)5/h7-20,24,30H,21-22H2,1-6H3,(H2,39,44)(H,40,45)/t24-,30-/m0/s1. The molecule has 0 spiro atoms. The molecule has 0 unspecified atom stereocenters. The molecular formula is C38H41N5O6. The number of aryl methyl sites for hydroxylation is 1. The van der Waals surface area contributed by atoms with Crippen molar-refractivity contribution in [1.82, 2.24) is 10.2 Å². The molecule has 4 aromatic carbocycles. The van der Waals surface area contributed by atoms with E-state index in [2.05, 4.69) is 5.32 Å². The van der Waals surface area contributed by atoms with Gasteiger partial charge in [0, 0.05) is 18.2 Å². The quantitative estimate of drug-likeness (QED) is 0.279. The van der Waals surface area contributed by atoms with Crippen LogP contribution < -0.4 is 20.9 Å². The van der Waals surface area contributed by atoms with Gasteiger partial charge in [0.25, 0.3) is 11.8 Å². The lowest BCUT2D eigenvalue weighted by Gasteiger charge is -2.30. The van der Waals surface area contributed by atoms with Crippen LogP contribution in [0.2, 0.25) is 0 Å². The Hall–Kier alpha value is -5.71. The van der Waals surface area contributed by atoms with Gasteiger partial charge in [-0.2, -0.15) is 0 Å². The molecule has 5 rings (SSSR count). The molecule has 11 nitrogen and oxygen atoms in total. The summed E-state index contributed by atoms with van der Waals surface area (Å²) >= 11 is 0. The summed E-state index contributed by atoms with van der Waals surface area (Å²) in [5.41, 5.74) is 7.86. The molecule has 0 radical (unpaired) electrons. The van der Waals surface area contributed by atoms with Gasteiger partial charge in [-0.05, 0) is 86.8 Å². The van der Waals surface area contributed by atoms with Crippen LogP contribution in [0.15, 0.2) is 84.9 Å². The normalized spacial score (nSPS) is 15.2. The zero-order chi connectivity index (χ0) is 35.6. The van der Waals surface area contributed by atoms with Gasteiger partial charge in [0.2, 0.25) is 11.8 Å². The molecule has 0 saturated heterocycles. The van der Waals surface area contributed by atoms with Crippen LogP contribution in [0.4, 0.5) is 16.2 Å². The Kier molecular flexibility index (Phi) is 9.75. The summed E-state index contributed by atoms with van der Waals surface area (Å²) in [4.78, 5) is 71.6. The number of carbonyl (C=O) groups excluding carboxylic acids is 5. The number of hydrogen-bond acceptors (Lipinski definition) is 6. The van der Waals surface area contributed by atoms with E-state index in [4.69, 9.17) is 10.5 Å². The number of likely N-dealkylation sites (N-methyl/N-ethyl adjacent to an activating group) is 1. The van der Waals surface area contributed by atoms with E-state index in [1.165, 1.54) is 31.0 Å². The summed E-state index contributed by atoms with van der Waals surface area (Å²) in [7, 11) is 1.44. The van der Waals surface area contributed by atoms with E-state index in [0.717, 1.165) is 26.8 Å². The highest BCUT2D eigenvalue weighted by molar-refractivity contribution is 6.13. The fraction of sp³-hybridized carbons (Fsp3) is 0.289. The molecule has 0 bridgehead atoms. The average Bonchev–Trinajstić information content (AvgIpc) is 3.18. The van der Waals surface area contributed by atoms with Gasteiger partial charge in [0.05, 0.1) is 24.5 Å². The Labute approximate surface area is 285 Å². The number of nitrogens with two attached hydrogens (primary N) is 1. The Morgan fingerprint density at radius 2 is 1.59 bits per heavy atom. The fourth-order valence-corrected chi connectivity index (χ4v) is 5.78. The first kappa shape index (κ1) is 34.6. The average molecular weight is 664 g/mol. The van der Waals surface area contributed by atoms with Gasteiger partial charge in [0.1, 0.15) is 17.7 Å². The van der Waals surface area contributed by atoms with Crippen LogP contribution in [0.5, 0.6) is 0 Å². The number of ether oxygens (including phenoxy) is 1. The summed E-state index contributed by atoms with van der Waals surface area (Å²) < 4.78 is 5.44. The monoisotopic (exact) mass is 663 g/mol. The van der Waals surface area contributed by atoms with Gasteiger partial charge in [0.15, 0.2) is 0 Å². The summed E-state index contributed by atoms with van der Waals surface area (Å²) in [6, 6.07) is 22.8. The first-order valence-electron chi connectivity index (χ1n) is 16.0. The number of carbonyl (C=O) groups is 5. The maximum absolute atomic E-state index is 14.7. The van der Waals surface area contributed by atoms with Crippen LogP contribution in [-0.2, 0) is 20.9 Å². The number of benzene rings is 4. The van der Waals surface area contributed by atoms with Gasteiger partial charge in [-0.3, -0.25) is 24.1 Å². The van der Waals surface area contributed by atoms with E-state index in [1.807, 2.05) is 43.3 Å². The lowest BCUT2D eigenvalue weighted by molar-refractivity contribution is -0.130. The van der Waals surface area contributed by atoms with Crippen molar-refractivity contribution in [1.29, 1.82) is 0 Å². The Morgan fingerprint density at radius 1 is 0.939 bits per heavy atom. The highest BCUT2D eigenvalue weighted by Crippen LogP contribution is 2.36. The molecule has 254 valence electrons. The molecule has 0 saturated carbocycles. The third kappa shape index (κ3) is 7.40. The second-order valence-electron chi connectivity index (χ2n) is 13.2. The van der Waals surface area contributed by atoms with Gasteiger partial charge < -0.3 is 25.6 Å². The molecule has 1 heterocycles. The highest BCUT2D eigenvalue weighted by atomic mass is 16.6. The number of amides is 5. The Bertz CT molecular complexity index is 1950. The number of fused-ring (bicyclic) bond motifs is 2. The van der Waals surface area contributed by atoms with Crippen molar-refractivity contribution >= 4 is 51.9 Å². The summed E-state index contributed by atoms with van der Waals surface area (Å²) in [6.07, 6.45) is -0.700. The third-order valence-electron chi connectivity index (χ3n) is 8.58. The maximum atomic E-state index is 14.7. The minimum atomic E-state index is -1.21. The molecule has 2 atom stereocenters. The van der Waals surface area contributed by atoms with E-state index in [9.17, 15) is 24.0 Å². The predicted molar refractivity (Wildman–Crippen MR) is 188 cm³/mol. The van der Waals surface area contributed by atoms with Crippen LogP contribution in [0.25, 0.3) is 10.8 Å². The second-order valence-corrected chi connectivity index (χ2v) is 13.2. The fourth-order valence-electron chi connectivity index (χ4n) is 5.78. The second kappa shape index (κ2) is 13.8. The SMILES string of the molecule is Cc1ccc2ccccc2c1CN1C(=O)[C@@H](NC(=O)[C@H](C)N(C)C(=O)OC(C)(C)C)CN(C(=O)c2cccc(C(N)=O)c2)c2ccccc21. The molecule has 5 amide bonds. The van der Waals surface area contributed by atoms with Crippen molar-refractivity contribution in [2.75, 3.05) is 23.4 Å². The molecule has 11 heteroatoms. The van der Waals surface area contributed by atoms with E-state index < -0.39 is 47.4 Å². The van der Waals surface area contributed by atoms with Gasteiger partial charge in [-0.25, -0.2) is 4.79 Å². The van der Waals surface area contributed by atoms with Crippen LogP contribution in [-0.4, -0.2) is 65.9 Å². The van der Waals surface area contributed by atoms with E-state index in [-0.39, 0.29) is 24.2 Å². The number of rotatable bonds is 7. The molecule has 1 aliphatic heterocycles. The first-order valence-corrected chi connectivity index (χ1v) is 16.0. The van der Waals surface area contributed by atoms with Gasteiger partial charge in [-0.1, -0.05) is 54.6 Å². The lowest BCUT2D eigenvalue weighted by atomic mass is 9.99. The first-order chi connectivity index (χ1) is 23.2. The molecule has 1 aliphatic rings. The van der Waals surface area contributed by atoms with Crippen LogP contribution in [0.3, 0.4) is 0 Å².